The van der Waals surface area contributed by atoms with Crippen molar-refractivity contribution in [3.05, 3.63) is 51.0 Å². The van der Waals surface area contributed by atoms with Crippen LogP contribution in [0.2, 0.25) is 25.7 Å². The predicted molar refractivity (Wildman–Crippen MR) is 115 cm³/mol. The number of nitrogens with zero attached hydrogens (tertiary/aromatic N) is 2. The second kappa shape index (κ2) is 9.97. The van der Waals surface area contributed by atoms with Crippen LogP contribution in [0, 0.1) is 12.7 Å². The summed E-state index contributed by atoms with van der Waals surface area (Å²) >= 11 is 3.20. The Balaban J connectivity index is 2.35. The van der Waals surface area contributed by atoms with E-state index in [1.165, 1.54) is 16.8 Å². The number of carbonyl (C=O) groups is 1. The molecule has 0 bridgehead atoms. The maximum absolute atomic E-state index is 14.4. The van der Waals surface area contributed by atoms with Crippen LogP contribution in [0.15, 0.2) is 22.7 Å². The lowest BCUT2D eigenvalue weighted by atomic mass is 9.99. The van der Waals surface area contributed by atoms with E-state index in [4.69, 9.17) is 9.47 Å². The van der Waals surface area contributed by atoms with Crippen molar-refractivity contribution in [3.8, 4) is 0 Å². The molecule has 1 N–H and O–H groups in total. The number of aliphatic hydroxyl groups is 1. The SMILES string of the molecule is CCOC(=O)c1nn(COCC[Si](C)(C)C)c(C)c1C(O)c1ccc(Br)cc1F. The van der Waals surface area contributed by atoms with Crippen molar-refractivity contribution in [1.29, 1.82) is 0 Å². The third kappa shape index (κ3) is 6.21. The molecule has 2 rings (SSSR count). The highest BCUT2D eigenvalue weighted by atomic mass is 79.9. The second-order valence-corrected chi connectivity index (χ2v) is 14.5. The van der Waals surface area contributed by atoms with Crippen LogP contribution in [-0.4, -0.2) is 42.1 Å². The highest BCUT2D eigenvalue weighted by Crippen LogP contribution is 2.31. The molecule has 0 aliphatic carbocycles. The molecule has 0 aliphatic rings. The molecule has 1 aromatic carbocycles. The number of halogens is 2. The molecule has 0 aliphatic heterocycles. The fourth-order valence-corrected chi connectivity index (χ4v) is 3.86. The Morgan fingerprint density at radius 2 is 2.07 bits per heavy atom. The molecule has 1 heterocycles. The Morgan fingerprint density at radius 1 is 1.38 bits per heavy atom. The fraction of sp³-hybridized carbons (Fsp3) is 0.500. The van der Waals surface area contributed by atoms with Crippen LogP contribution in [0.3, 0.4) is 0 Å². The van der Waals surface area contributed by atoms with Crippen molar-refractivity contribution in [1.82, 2.24) is 9.78 Å². The van der Waals surface area contributed by atoms with Gasteiger partial charge in [0.25, 0.3) is 0 Å². The minimum Gasteiger partial charge on any atom is -0.461 e. The third-order valence-corrected chi connectivity index (χ3v) is 6.66. The highest BCUT2D eigenvalue weighted by Gasteiger charge is 2.29. The maximum atomic E-state index is 14.4. The summed E-state index contributed by atoms with van der Waals surface area (Å²) in [7, 11) is -1.23. The summed E-state index contributed by atoms with van der Waals surface area (Å²) in [5.74, 6) is -1.25. The van der Waals surface area contributed by atoms with E-state index in [9.17, 15) is 14.3 Å². The van der Waals surface area contributed by atoms with Crippen molar-refractivity contribution in [2.24, 2.45) is 0 Å². The van der Waals surface area contributed by atoms with Gasteiger partial charge in [0.15, 0.2) is 5.69 Å². The summed E-state index contributed by atoms with van der Waals surface area (Å²) in [4.78, 5) is 12.4. The van der Waals surface area contributed by atoms with Crippen LogP contribution < -0.4 is 0 Å². The number of aromatic nitrogens is 2. The molecule has 0 spiro atoms. The Bertz CT molecular complexity index is 867. The van der Waals surface area contributed by atoms with Gasteiger partial charge in [-0.05, 0) is 32.0 Å². The van der Waals surface area contributed by atoms with Gasteiger partial charge in [0.1, 0.15) is 18.7 Å². The normalized spacial score (nSPS) is 12.8. The van der Waals surface area contributed by atoms with Crippen molar-refractivity contribution in [2.45, 2.75) is 52.4 Å². The molecule has 0 fully saturated rings. The topological polar surface area (TPSA) is 73.6 Å². The molecule has 6 nitrogen and oxygen atoms in total. The standard InChI is InChI=1S/C20H28BrFN2O4Si/c1-6-28-20(26)18-17(19(25)15-8-7-14(21)11-16(15)22)13(2)24(23-18)12-27-9-10-29(3,4)5/h7-8,11,19,25H,6,9-10,12H2,1-5H3. The van der Waals surface area contributed by atoms with E-state index in [0.29, 0.717) is 16.8 Å². The van der Waals surface area contributed by atoms with Crippen LogP contribution in [-0.2, 0) is 16.2 Å². The van der Waals surface area contributed by atoms with Crippen LogP contribution >= 0.6 is 15.9 Å². The van der Waals surface area contributed by atoms with E-state index in [2.05, 4.69) is 40.7 Å². The lowest BCUT2D eigenvalue weighted by Gasteiger charge is -2.16. The molecule has 0 saturated carbocycles. The molecule has 0 saturated heterocycles. The smallest absolute Gasteiger partial charge is 0.359 e. The van der Waals surface area contributed by atoms with E-state index in [0.717, 1.165) is 6.04 Å². The average Bonchev–Trinajstić information content (AvgIpc) is 2.94. The molecule has 160 valence electrons. The molecule has 0 amide bonds. The summed E-state index contributed by atoms with van der Waals surface area (Å²) in [6, 6.07) is 5.37. The lowest BCUT2D eigenvalue weighted by molar-refractivity contribution is 0.0506. The van der Waals surface area contributed by atoms with Gasteiger partial charge in [-0.25, -0.2) is 13.9 Å². The number of hydrogen-bond acceptors (Lipinski definition) is 5. The summed E-state index contributed by atoms with van der Waals surface area (Å²) in [6.07, 6.45) is -1.36. The zero-order valence-electron chi connectivity index (χ0n) is 17.5. The lowest BCUT2D eigenvalue weighted by Crippen LogP contribution is -2.22. The van der Waals surface area contributed by atoms with E-state index < -0.39 is 26.0 Å². The third-order valence-electron chi connectivity index (χ3n) is 4.46. The minimum absolute atomic E-state index is 0.0343. The van der Waals surface area contributed by atoms with Gasteiger partial charge < -0.3 is 14.6 Å². The van der Waals surface area contributed by atoms with Gasteiger partial charge >= 0.3 is 5.97 Å². The fourth-order valence-electron chi connectivity index (χ4n) is 2.77. The van der Waals surface area contributed by atoms with Crippen LogP contribution in [0.4, 0.5) is 4.39 Å². The number of ether oxygens (including phenoxy) is 2. The molecule has 1 atom stereocenters. The van der Waals surface area contributed by atoms with Gasteiger partial charge in [0.05, 0.1) is 6.61 Å². The van der Waals surface area contributed by atoms with E-state index >= 15 is 0 Å². The molecule has 0 radical (unpaired) electrons. The zero-order valence-corrected chi connectivity index (χ0v) is 20.0. The van der Waals surface area contributed by atoms with Crippen LogP contribution in [0.25, 0.3) is 0 Å². The summed E-state index contributed by atoms with van der Waals surface area (Å²) in [6.45, 7) is 11.1. The largest absolute Gasteiger partial charge is 0.461 e. The first-order valence-corrected chi connectivity index (χ1v) is 14.0. The van der Waals surface area contributed by atoms with Gasteiger partial charge in [0.2, 0.25) is 0 Å². The average molecular weight is 487 g/mol. The Labute approximate surface area is 180 Å². The molecule has 2 aromatic rings. The van der Waals surface area contributed by atoms with Crippen molar-refractivity contribution in [2.75, 3.05) is 13.2 Å². The molecular formula is C20H28BrFN2O4Si. The van der Waals surface area contributed by atoms with Gasteiger partial charge in [-0.3, -0.25) is 0 Å². The molecule has 29 heavy (non-hydrogen) atoms. The van der Waals surface area contributed by atoms with Gasteiger partial charge in [0, 0.05) is 36.0 Å². The van der Waals surface area contributed by atoms with Gasteiger partial charge in [-0.1, -0.05) is 41.6 Å². The monoisotopic (exact) mass is 486 g/mol. The quantitative estimate of drug-likeness (QED) is 0.316. The number of aliphatic hydroxyl groups excluding tert-OH is 1. The Kier molecular flexibility index (Phi) is 8.16. The number of hydrogen-bond donors (Lipinski definition) is 1. The highest BCUT2D eigenvalue weighted by molar-refractivity contribution is 9.10. The molecule has 9 heteroatoms. The summed E-state index contributed by atoms with van der Waals surface area (Å²) in [5, 5.41) is 15.2. The molecular weight excluding hydrogens is 459 g/mol. The van der Waals surface area contributed by atoms with Gasteiger partial charge in [-0.15, -0.1) is 0 Å². The Hall–Kier alpha value is -1.55. The first-order valence-electron chi connectivity index (χ1n) is 9.50. The van der Waals surface area contributed by atoms with E-state index in [1.807, 2.05) is 0 Å². The Morgan fingerprint density at radius 3 is 2.66 bits per heavy atom. The van der Waals surface area contributed by atoms with Crippen molar-refractivity contribution >= 4 is 30.0 Å². The maximum Gasteiger partial charge on any atom is 0.359 e. The van der Waals surface area contributed by atoms with Crippen LogP contribution in [0.1, 0.15) is 40.3 Å². The summed E-state index contributed by atoms with van der Waals surface area (Å²) < 4.78 is 27.3. The first kappa shape index (κ1) is 23.7. The van der Waals surface area contributed by atoms with Gasteiger partial charge in [-0.2, -0.15) is 5.10 Å². The van der Waals surface area contributed by atoms with Crippen molar-refractivity contribution < 1.29 is 23.8 Å². The number of rotatable bonds is 9. The second-order valence-electron chi connectivity index (χ2n) is 7.98. The molecule has 1 unspecified atom stereocenters. The van der Waals surface area contributed by atoms with E-state index in [-0.39, 0.29) is 30.2 Å². The first-order chi connectivity index (χ1) is 13.5. The summed E-state index contributed by atoms with van der Waals surface area (Å²) in [5.41, 5.74) is 0.767. The van der Waals surface area contributed by atoms with Crippen LogP contribution in [0.5, 0.6) is 0 Å². The minimum atomic E-state index is -1.36. The predicted octanol–water partition coefficient (Wildman–Crippen LogP) is 4.66. The van der Waals surface area contributed by atoms with Crippen molar-refractivity contribution in [3.63, 3.8) is 0 Å². The zero-order chi connectivity index (χ0) is 21.8. The van der Waals surface area contributed by atoms with E-state index in [1.54, 1.807) is 19.9 Å². The number of benzene rings is 1. The number of esters is 1. The molecule has 1 aromatic heterocycles. The number of carbonyl (C=O) groups excluding carboxylic acids is 1.